The molecule has 0 radical (unpaired) electrons. The highest BCUT2D eigenvalue weighted by Crippen LogP contribution is 2.36. The van der Waals surface area contributed by atoms with Gasteiger partial charge in [0.05, 0.1) is 18.3 Å². The lowest BCUT2D eigenvalue weighted by molar-refractivity contribution is 0.0397. The molecular weight excluding hydrogens is 417 g/mol. The smallest absolute Gasteiger partial charge is 0.132 e. The van der Waals surface area contributed by atoms with E-state index in [1.165, 1.54) is 6.07 Å². The van der Waals surface area contributed by atoms with Crippen molar-refractivity contribution in [1.82, 2.24) is 19.7 Å². The first kappa shape index (κ1) is 19.9. The van der Waals surface area contributed by atoms with Gasteiger partial charge in [0.25, 0.3) is 0 Å². The Hall–Kier alpha value is -3.03. The van der Waals surface area contributed by atoms with Gasteiger partial charge >= 0.3 is 0 Å². The number of morpholine rings is 1. The van der Waals surface area contributed by atoms with E-state index >= 15 is 0 Å². The third-order valence-corrected chi connectivity index (χ3v) is 5.79. The number of fused-ring (bicyclic) bond motifs is 1. The molecular formula is C23H21ClFN5O. The molecule has 1 fully saturated rings. The average Bonchev–Trinajstić information content (AvgIpc) is 3.19. The number of hydrogen-bond donors (Lipinski definition) is 0. The highest BCUT2D eigenvalue weighted by Gasteiger charge is 2.24. The zero-order chi connectivity index (χ0) is 21.5. The van der Waals surface area contributed by atoms with Crippen molar-refractivity contribution in [3.63, 3.8) is 0 Å². The van der Waals surface area contributed by atoms with Gasteiger partial charge in [-0.2, -0.15) is 5.10 Å². The number of anilines is 1. The Bertz CT molecular complexity index is 1270. The number of halogens is 2. The Morgan fingerprint density at radius 1 is 1.16 bits per heavy atom. The molecule has 1 unspecified atom stereocenters. The molecule has 1 aliphatic heterocycles. The van der Waals surface area contributed by atoms with Crippen molar-refractivity contribution in [2.75, 3.05) is 24.6 Å². The predicted molar refractivity (Wildman–Crippen MR) is 119 cm³/mol. The van der Waals surface area contributed by atoms with Crippen molar-refractivity contribution in [1.29, 1.82) is 0 Å². The summed E-state index contributed by atoms with van der Waals surface area (Å²) in [6.45, 7) is 3.84. The van der Waals surface area contributed by atoms with Gasteiger partial charge in [-0.15, -0.1) is 0 Å². The second-order valence-electron chi connectivity index (χ2n) is 7.72. The molecule has 4 aromatic rings. The van der Waals surface area contributed by atoms with Gasteiger partial charge in [0.2, 0.25) is 0 Å². The minimum atomic E-state index is -0.373. The van der Waals surface area contributed by atoms with Gasteiger partial charge in [0.15, 0.2) is 0 Å². The molecule has 0 N–H and O–H groups in total. The maximum Gasteiger partial charge on any atom is 0.132 e. The summed E-state index contributed by atoms with van der Waals surface area (Å²) in [7, 11) is 1.89. The van der Waals surface area contributed by atoms with E-state index in [9.17, 15) is 4.39 Å². The molecule has 2 aromatic carbocycles. The maximum atomic E-state index is 14.8. The summed E-state index contributed by atoms with van der Waals surface area (Å²) in [4.78, 5) is 11.2. The number of rotatable bonds is 3. The van der Waals surface area contributed by atoms with Crippen LogP contribution in [-0.2, 0) is 11.8 Å². The van der Waals surface area contributed by atoms with Gasteiger partial charge in [-0.25, -0.2) is 14.4 Å². The zero-order valence-corrected chi connectivity index (χ0v) is 18.0. The van der Waals surface area contributed by atoms with Gasteiger partial charge in [0.1, 0.15) is 17.7 Å². The van der Waals surface area contributed by atoms with Crippen LogP contribution in [0.3, 0.4) is 0 Å². The summed E-state index contributed by atoms with van der Waals surface area (Å²) in [5, 5.41) is 5.42. The fraction of sp³-hybridized carbons (Fsp3) is 0.261. The number of nitrogens with zero attached hydrogens (tertiary/aromatic N) is 5. The van der Waals surface area contributed by atoms with Crippen LogP contribution in [0.25, 0.3) is 22.0 Å². The molecule has 158 valence electrons. The molecule has 3 heterocycles. The fourth-order valence-corrected chi connectivity index (χ4v) is 4.18. The van der Waals surface area contributed by atoms with Crippen molar-refractivity contribution in [3.8, 4) is 11.1 Å². The number of hydrogen-bond acceptors (Lipinski definition) is 5. The summed E-state index contributed by atoms with van der Waals surface area (Å²) in [6, 6.07) is 8.76. The standard InChI is InChI=1S/C23H21ClFN5O/c1-14-26-11-20-19(18-4-3-16(24)7-21(18)25)8-17(9-22(20)28-14)30-5-6-31-23(13-30)15-10-27-29(2)12-15/h3-4,7-12,23H,5-6,13H2,1-2H3. The number of aryl methyl sites for hydroxylation is 2. The molecule has 0 saturated carbocycles. The third kappa shape index (κ3) is 3.86. The van der Waals surface area contributed by atoms with E-state index in [0.717, 1.165) is 34.3 Å². The maximum absolute atomic E-state index is 14.8. The Labute approximate surface area is 184 Å². The van der Waals surface area contributed by atoms with Crippen LogP contribution in [0.15, 0.2) is 48.9 Å². The Morgan fingerprint density at radius 2 is 2.03 bits per heavy atom. The molecule has 5 rings (SSSR count). The van der Waals surface area contributed by atoms with Crippen LogP contribution in [0.1, 0.15) is 17.5 Å². The van der Waals surface area contributed by atoms with E-state index in [1.54, 1.807) is 23.0 Å². The monoisotopic (exact) mass is 437 g/mol. The fourth-order valence-electron chi connectivity index (χ4n) is 4.02. The van der Waals surface area contributed by atoms with E-state index in [-0.39, 0.29) is 11.9 Å². The van der Waals surface area contributed by atoms with Crippen LogP contribution in [0.2, 0.25) is 5.02 Å². The second-order valence-corrected chi connectivity index (χ2v) is 8.16. The molecule has 0 spiro atoms. The van der Waals surface area contributed by atoms with Crippen molar-refractivity contribution in [2.24, 2.45) is 7.05 Å². The highest BCUT2D eigenvalue weighted by atomic mass is 35.5. The lowest BCUT2D eigenvalue weighted by Crippen LogP contribution is -2.38. The van der Waals surface area contributed by atoms with E-state index in [4.69, 9.17) is 16.3 Å². The summed E-state index contributed by atoms with van der Waals surface area (Å²) >= 11 is 5.98. The summed E-state index contributed by atoms with van der Waals surface area (Å²) in [6.07, 6.45) is 5.48. The van der Waals surface area contributed by atoms with Crippen LogP contribution in [0, 0.1) is 12.7 Å². The van der Waals surface area contributed by atoms with Crippen LogP contribution in [0.4, 0.5) is 10.1 Å². The lowest BCUT2D eigenvalue weighted by atomic mass is 9.99. The summed E-state index contributed by atoms with van der Waals surface area (Å²) in [5.74, 6) is 0.295. The molecule has 1 saturated heterocycles. The van der Waals surface area contributed by atoms with E-state index in [2.05, 4.69) is 20.0 Å². The Morgan fingerprint density at radius 3 is 2.81 bits per heavy atom. The molecule has 0 amide bonds. The van der Waals surface area contributed by atoms with Crippen molar-refractivity contribution in [2.45, 2.75) is 13.0 Å². The number of aromatic nitrogens is 4. The Kier molecular flexibility index (Phi) is 5.08. The van der Waals surface area contributed by atoms with E-state index in [0.29, 0.717) is 29.6 Å². The first-order valence-electron chi connectivity index (χ1n) is 10.1. The van der Waals surface area contributed by atoms with Crippen molar-refractivity contribution in [3.05, 3.63) is 71.2 Å². The summed E-state index contributed by atoms with van der Waals surface area (Å²) < 4.78 is 22.6. The van der Waals surface area contributed by atoms with Crippen molar-refractivity contribution >= 4 is 28.2 Å². The largest absolute Gasteiger partial charge is 0.370 e. The quantitative estimate of drug-likeness (QED) is 0.464. The van der Waals surface area contributed by atoms with E-state index < -0.39 is 0 Å². The van der Waals surface area contributed by atoms with Gasteiger partial charge in [-0.1, -0.05) is 11.6 Å². The second kappa shape index (κ2) is 7.90. The van der Waals surface area contributed by atoms with Gasteiger partial charge in [0, 0.05) is 59.8 Å². The van der Waals surface area contributed by atoms with E-state index in [1.807, 2.05) is 38.5 Å². The average molecular weight is 438 g/mol. The molecule has 2 aromatic heterocycles. The SMILES string of the molecule is Cc1ncc2c(-c3ccc(Cl)cc3F)cc(N3CCOC(c4cnn(C)c4)C3)cc2n1. The van der Waals surface area contributed by atoms with Gasteiger partial charge in [-0.05, 0) is 42.8 Å². The molecule has 8 heteroatoms. The van der Waals surface area contributed by atoms with Gasteiger partial charge < -0.3 is 9.64 Å². The van der Waals surface area contributed by atoms with Crippen LogP contribution in [-0.4, -0.2) is 39.4 Å². The molecule has 31 heavy (non-hydrogen) atoms. The molecule has 0 aliphatic carbocycles. The predicted octanol–water partition coefficient (Wildman–Crippen LogP) is 4.71. The molecule has 1 atom stereocenters. The molecule has 6 nitrogen and oxygen atoms in total. The number of ether oxygens (including phenoxy) is 1. The topological polar surface area (TPSA) is 56.1 Å². The van der Waals surface area contributed by atoms with Gasteiger partial charge in [-0.3, -0.25) is 4.68 Å². The third-order valence-electron chi connectivity index (χ3n) is 5.56. The first-order valence-corrected chi connectivity index (χ1v) is 10.4. The normalized spacial score (nSPS) is 16.8. The summed E-state index contributed by atoms with van der Waals surface area (Å²) in [5.41, 5.74) is 3.99. The zero-order valence-electron chi connectivity index (χ0n) is 17.2. The van der Waals surface area contributed by atoms with Crippen LogP contribution in [0.5, 0.6) is 0 Å². The number of benzene rings is 2. The molecule has 1 aliphatic rings. The Balaban J connectivity index is 1.60. The van der Waals surface area contributed by atoms with Crippen LogP contribution < -0.4 is 4.90 Å². The van der Waals surface area contributed by atoms with Crippen molar-refractivity contribution < 1.29 is 9.13 Å². The minimum Gasteiger partial charge on any atom is -0.370 e. The van der Waals surface area contributed by atoms with Crippen LogP contribution >= 0.6 is 11.6 Å². The lowest BCUT2D eigenvalue weighted by Gasteiger charge is -2.34. The first-order chi connectivity index (χ1) is 15.0. The highest BCUT2D eigenvalue weighted by molar-refractivity contribution is 6.30. The molecule has 0 bridgehead atoms. The minimum absolute atomic E-state index is 0.0824.